The zero-order valence-corrected chi connectivity index (χ0v) is 13.3. The quantitative estimate of drug-likeness (QED) is 0.794. The highest BCUT2D eigenvalue weighted by molar-refractivity contribution is 8.14. The van der Waals surface area contributed by atoms with Crippen LogP contribution in [0.1, 0.15) is 6.42 Å². The van der Waals surface area contributed by atoms with E-state index in [0.29, 0.717) is 10.9 Å². The van der Waals surface area contributed by atoms with E-state index >= 15 is 0 Å². The van der Waals surface area contributed by atoms with E-state index in [1.165, 1.54) is 16.2 Å². The van der Waals surface area contributed by atoms with Gasteiger partial charge in [0.05, 0.1) is 17.3 Å². The van der Waals surface area contributed by atoms with E-state index in [2.05, 4.69) is 4.98 Å². The van der Waals surface area contributed by atoms with Crippen molar-refractivity contribution >= 4 is 52.3 Å². The van der Waals surface area contributed by atoms with E-state index in [4.69, 9.17) is 15.4 Å². The predicted molar refractivity (Wildman–Crippen MR) is 81.7 cm³/mol. The fourth-order valence-corrected chi connectivity index (χ4v) is 4.23. The van der Waals surface area contributed by atoms with Gasteiger partial charge in [0.2, 0.25) is 15.0 Å². The normalized spacial score (nSPS) is 19.4. The number of fused-ring (bicyclic) bond motifs is 1. The monoisotopic (exact) mass is 346 g/mol. The van der Waals surface area contributed by atoms with Crippen molar-refractivity contribution in [3.8, 4) is 5.75 Å². The highest BCUT2D eigenvalue weighted by atomic mass is 35.7. The van der Waals surface area contributed by atoms with Crippen LogP contribution in [0.2, 0.25) is 0 Å². The summed E-state index contributed by atoms with van der Waals surface area (Å²) in [5.41, 5.74) is 0.737. The molecular formula is C12H11ClN2O4S2. The third kappa shape index (κ3) is 2.70. The summed E-state index contributed by atoms with van der Waals surface area (Å²) in [5, 5.41) is -0.403. The topological polar surface area (TPSA) is 76.6 Å². The third-order valence-electron chi connectivity index (χ3n) is 3.30. The zero-order valence-electron chi connectivity index (χ0n) is 10.9. The Hall–Kier alpha value is -1.38. The number of halogens is 1. The number of hydrogen-bond acceptors (Lipinski definition) is 6. The van der Waals surface area contributed by atoms with Crippen LogP contribution >= 0.6 is 22.0 Å². The van der Waals surface area contributed by atoms with Gasteiger partial charge in [0, 0.05) is 23.6 Å². The number of amides is 1. The Balaban J connectivity index is 1.95. The van der Waals surface area contributed by atoms with E-state index in [1.54, 1.807) is 19.2 Å². The first-order chi connectivity index (χ1) is 9.88. The molecule has 0 spiro atoms. The lowest BCUT2D eigenvalue weighted by molar-refractivity contribution is -0.117. The molecule has 1 atom stereocenters. The molecule has 6 nitrogen and oxygen atoms in total. The van der Waals surface area contributed by atoms with Crippen molar-refractivity contribution in [3.05, 3.63) is 18.2 Å². The zero-order chi connectivity index (χ0) is 15.2. The van der Waals surface area contributed by atoms with Crippen LogP contribution in [0.5, 0.6) is 5.75 Å². The van der Waals surface area contributed by atoms with Gasteiger partial charge in [-0.15, -0.1) is 0 Å². The molecule has 21 heavy (non-hydrogen) atoms. The summed E-state index contributed by atoms with van der Waals surface area (Å²) in [6.07, 6.45) is -0.106. The van der Waals surface area contributed by atoms with Gasteiger partial charge in [-0.25, -0.2) is 13.4 Å². The van der Waals surface area contributed by atoms with Gasteiger partial charge < -0.3 is 4.74 Å². The van der Waals surface area contributed by atoms with Crippen LogP contribution in [-0.4, -0.2) is 38.2 Å². The molecule has 1 unspecified atom stereocenters. The van der Waals surface area contributed by atoms with Gasteiger partial charge in [0.15, 0.2) is 5.13 Å². The molecule has 2 heterocycles. The highest BCUT2D eigenvalue weighted by Crippen LogP contribution is 2.34. The molecule has 0 bridgehead atoms. The van der Waals surface area contributed by atoms with Crippen molar-refractivity contribution < 1.29 is 17.9 Å². The molecule has 3 rings (SSSR count). The van der Waals surface area contributed by atoms with Gasteiger partial charge in [-0.1, -0.05) is 11.3 Å². The van der Waals surface area contributed by atoms with Gasteiger partial charge >= 0.3 is 0 Å². The summed E-state index contributed by atoms with van der Waals surface area (Å²) in [6.45, 7) is 0.0433. The minimum atomic E-state index is -3.75. The molecule has 1 amide bonds. The standard InChI is InChI=1S/C12H11ClN2O4S2/c1-19-7-2-3-9-10(4-7)20-12(14-9)15-6-8(5-11(15)16)21(13,17)18/h2-4,8H,5-6H2,1H3. The van der Waals surface area contributed by atoms with Crippen molar-refractivity contribution in [1.82, 2.24) is 4.98 Å². The maximum atomic E-state index is 12.0. The molecule has 1 aromatic carbocycles. The highest BCUT2D eigenvalue weighted by Gasteiger charge is 2.39. The minimum Gasteiger partial charge on any atom is -0.497 e. The molecular weight excluding hydrogens is 336 g/mol. The summed E-state index contributed by atoms with van der Waals surface area (Å²) >= 11 is 1.32. The molecule has 1 aliphatic heterocycles. The number of nitrogens with zero attached hydrogens (tertiary/aromatic N) is 2. The minimum absolute atomic E-state index is 0.0433. The predicted octanol–water partition coefficient (Wildman–Crippen LogP) is 1.98. The first-order valence-electron chi connectivity index (χ1n) is 6.07. The fourth-order valence-electron chi connectivity index (χ4n) is 2.18. The lowest BCUT2D eigenvalue weighted by atomic mass is 10.3. The van der Waals surface area contributed by atoms with Crippen LogP contribution in [0.25, 0.3) is 10.2 Å². The second kappa shape index (κ2) is 5.11. The van der Waals surface area contributed by atoms with Crippen LogP contribution in [0.3, 0.4) is 0 Å². The van der Waals surface area contributed by atoms with E-state index in [9.17, 15) is 13.2 Å². The van der Waals surface area contributed by atoms with Crippen molar-refractivity contribution in [1.29, 1.82) is 0 Å². The second-order valence-electron chi connectivity index (χ2n) is 4.64. The number of methoxy groups -OCH3 is 1. The Bertz CT molecular complexity index is 818. The maximum absolute atomic E-state index is 12.0. The maximum Gasteiger partial charge on any atom is 0.237 e. The Kier molecular flexibility index (Phi) is 3.54. The Morgan fingerprint density at radius 2 is 2.24 bits per heavy atom. The van der Waals surface area contributed by atoms with E-state index < -0.39 is 14.3 Å². The van der Waals surface area contributed by atoms with Crippen LogP contribution in [0.4, 0.5) is 5.13 Å². The molecule has 1 aliphatic rings. The second-order valence-corrected chi connectivity index (χ2v) is 8.55. The number of benzene rings is 1. The molecule has 0 N–H and O–H groups in total. The van der Waals surface area contributed by atoms with Crippen molar-refractivity contribution in [2.75, 3.05) is 18.6 Å². The summed E-state index contributed by atoms with van der Waals surface area (Å²) in [4.78, 5) is 17.7. The number of anilines is 1. The molecule has 112 valence electrons. The third-order valence-corrected chi connectivity index (χ3v) is 6.21. The largest absolute Gasteiger partial charge is 0.497 e. The van der Waals surface area contributed by atoms with Crippen LogP contribution in [0.15, 0.2) is 18.2 Å². The van der Waals surface area contributed by atoms with Crippen molar-refractivity contribution in [2.24, 2.45) is 0 Å². The summed E-state index contributed by atoms with van der Waals surface area (Å²) in [6, 6.07) is 5.40. The van der Waals surface area contributed by atoms with Gasteiger partial charge in [0.1, 0.15) is 11.0 Å². The average Bonchev–Trinajstić information content (AvgIpc) is 2.99. The van der Waals surface area contributed by atoms with Gasteiger partial charge in [-0.2, -0.15) is 0 Å². The summed E-state index contributed by atoms with van der Waals surface area (Å²) in [5.74, 6) is 0.418. The summed E-state index contributed by atoms with van der Waals surface area (Å²) < 4.78 is 28.7. The number of aromatic nitrogens is 1. The number of thiazole rings is 1. The molecule has 9 heteroatoms. The first kappa shape index (κ1) is 14.6. The Morgan fingerprint density at radius 3 is 2.86 bits per heavy atom. The fraction of sp³-hybridized carbons (Fsp3) is 0.333. The van der Waals surface area contributed by atoms with Crippen molar-refractivity contribution in [2.45, 2.75) is 11.7 Å². The average molecular weight is 347 g/mol. The summed E-state index contributed by atoms with van der Waals surface area (Å²) in [7, 11) is 3.16. The molecule has 1 saturated heterocycles. The lowest BCUT2D eigenvalue weighted by Gasteiger charge is -2.11. The van der Waals surface area contributed by atoms with E-state index in [0.717, 1.165) is 10.2 Å². The number of carbonyl (C=O) groups is 1. The van der Waals surface area contributed by atoms with E-state index in [-0.39, 0.29) is 18.9 Å². The SMILES string of the molecule is COc1ccc2nc(N3CC(S(=O)(=O)Cl)CC3=O)sc2c1. The van der Waals surface area contributed by atoms with Gasteiger partial charge in [-0.05, 0) is 18.2 Å². The smallest absolute Gasteiger partial charge is 0.237 e. The first-order valence-corrected chi connectivity index (χ1v) is 9.26. The van der Waals surface area contributed by atoms with E-state index in [1.807, 2.05) is 6.07 Å². The molecule has 0 saturated carbocycles. The number of hydrogen-bond donors (Lipinski definition) is 0. The molecule has 0 aliphatic carbocycles. The Labute approximate surface area is 129 Å². The lowest BCUT2D eigenvalue weighted by Crippen LogP contribution is -2.26. The van der Waals surface area contributed by atoms with Crippen molar-refractivity contribution in [3.63, 3.8) is 0 Å². The van der Waals surface area contributed by atoms with Crippen LogP contribution in [-0.2, 0) is 13.8 Å². The molecule has 0 radical (unpaired) electrons. The number of rotatable bonds is 3. The number of ether oxygens (including phenoxy) is 1. The Morgan fingerprint density at radius 1 is 1.48 bits per heavy atom. The molecule has 1 aromatic heterocycles. The van der Waals surface area contributed by atoms with Crippen LogP contribution < -0.4 is 9.64 Å². The molecule has 2 aromatic rings. The van der Waals surface area contributed by atoms with Crippen LogP contribution in [0, 0.1) is 0 Å². The molecule has 1 fully saturated rings. The van der Waals surface area contributed by atoms with Gasteiger partial charge in [0.25, 0.3) is 0 Å². The number of carbonyl (C=O) groups excluding carboxylic acids is 1. The van der Waals surface area contributed by atoms with Gasteiger partial charge in [-0.3, -0.25) is 9.69 Å².